The van der Waals surface area contributed by atoms with Crippen molar-refractivity contribution in [1.82, 2.24) is 19.9 Å². The zero-order valence-electron chi connectivity index (χ0n) is 20.9. The largest absolute Gasteiger partial charge is 0.479 e. The topological polar surface area (TPSA) is 203 Å². The molecule has 15 nitrogen and oxygen atoms in total. The highest BCUT2D eigenvalue weighted by Crippen LogP contribution is 2.22. The third kappa shape index (κ3) is 7.02. The van der Waals surface area contributed by atoms with E-state index in [9.17, 15) is 29.7 Å². The number of hydrogen-bond acceptors (Lipinski definition) is 12. The van der Waals surface area contributed by atoms with Gasteiger partial charge in [-0.2, -0.15) is 0 Å². The monoisotopic (exact) mass is 550 g/mol. The van der Waals surface area contributed by atoms with Crippen LogP contribution in [0.15, 0.2) is 30.5 Å². The van der Waals surface area contributed by atoms with Crippen LogP contribution in [0, 0.1) is 0 Å². The molecule has 212 valence electrons. The number of aliphatic carboxylic acids is 1. The summed E-state index contributed by atoms with van der Waals surface area (Å²) in [6.07, 6.45) is -6.10. The lowest BCUT2D eigenvalue weighted by Gasteiger charge is -2.38. The number of β-lactam (4-membered cyclic amide) rings is 1. The Hall–Kier alpha value is -3.31. The first kappa shape index (κ1) is 28.7. The smallest absolute Gasteiger partial charge is 0.335 e. The summed E-state index contributed by atoms with van der Waals surface area (Å²) in [4.78, 5) is 36.0. The molecule has 5 atom stereocenters. The molecule has 2 fully saturated rings. The van der Waals surface area contributed by atoms with Gasteiger partial charge in [0.2, 0.25) is 5.91 Å². The van der Waals surface area contributed by atoms with Crippen molar-refractivity contribution in [3.8, 4) is 11.3 Å². The Morgan fingerprint density at radius 1 is 0.974 bits per heavy atom. The molecule has 4 rings (SSSR count). The molecule has 2 aliphatic heterocycles. The molecule has 1 unspecified atom stereocenters. The third-order valence-electron chi connectivity index (χ3n) is 6.22. The van der Waals surface area contributed by atoms with Gasteiger partial charge in [0.15, 0.2) is 12.4 Å². The summed E-state index contributed by atoms with van der Waals surface area (Å²) in [5.74, 6) is -1.95. The van der Waals surface area contributed by atoms with E-state index in [-0.39, 0.29) is 38.2 Å². The lowest BCUT2D eigenvalue weighted by molar-refractivity contribution is -0.295. The van der Waals surface area contributed by atoms with Crippen molar-refractivity contribution in [2.24, 2.45) is 0 Å². The molecular weight excluding hydrogens is 520 g/mol. The van der Waals surface area contributed by atoms with Gasteiger partial charge in [-0.3, -0.25) is 14.5 Å². The first-order valence-electron chi connectivity index (χ1n) is 12.3. The van der Waals surface area contributed by atoms with Crippen molar-refractivity contribution in [2.75, 3.05) is 39.6 Å². The number of nitrogens with zero attached hydrogens (tertiary/aromatic N) is 4. The van der Waals surface area contributed by atoms with Gasteiger partial charge in [0.25, 0.3) is 5.91 Å². The SMILES string of the molecule is O=C(O)[C@H]1OC(OCCOCCOCCn2cc(-c3ccc(C(=O)N4CCC4=O)cc3)nn2)[C@H](O)[C@@H](O)[C@@H]1O. The summed E-state index contributed by atoms with van der Waals surface area (Å²) >= 11 is 0. The second-order valence-corrected chi connectivity index (χ2v) is 8.88. The minimum absolute atomic E-state index is 0.0515. The van der Waals surface area contributed by atoms with Crippen LogP contribution >= 0.6 is 0 Å². The Morgan fingerprint density at radius 2 is 1.67 bits per heavy atom. The normalized spacial score (nSPS) is 24.9. The number of hydrogen-bond donors (Lipinski definition) is 4. The van der Waals surface area contributed by atoms with Crippen LogP contribution in [0.5, 0.6) is 0 Å². The van der Waals surface area contributed by atoms with E-state index in [1.54, 1.807) is 35.1 Å². The van der Waals surface area contributed by atoms with Crippen LogP contribution in [0.25, 0.3) is 11.3 Å². The summed E-state index contributed by atoms with van der Waals surface area (Å²) in [5.41, 5.74) is 1.84. The van der Waals surface area contributed by atoms with E-state index in [0.29, 0.717) is 37.4 Å². The Labute approximate surface area is 222 Å². The van der Waals surface area contributed by atoms with Crippen molar-refractivity contribution in [1.29, 1.82) is 0 Å². The van der Waals surface area contributed by atoms with Gasteiger partial charge in [-0.05, 0) is 12.1 Å². The molecule has 1 aromatic heterocycles. The quantitative estimate of drug-likeness (QED) is 0.124. The van der Waals surface area contributed by atoms with Crippen molar-refractivity contribution in [2.45, 2.75) is 43.7 Å². The van der Waals surface area contributed by atoms with Crippen LogP contribution in [0.3, 0.4) is 0 Å². The van der Waals surface area contributed by atoms with E-state index in [2.05, 4.69) is 10.3 Å². The molecule has 4 N–H and O–H groups in total. The fourth-order valence-electron chi connectivity index (χ4n) is 3.90. The number of carbonyl (C=O) groups is 3. The molecule has 3 heterocycles. The van der Waals surface area contributed by atoms with Crippen LogP contribution in [0.4, 0.5) is 0 Å². The summed E-state index contributed by atoms with van der Waals surface area (Å²) in [7, 11) is 0. The molecule has 2 aliphatic rings. The molecular formula is C24H30N4O11. The molecule has 0 saturated carbocycles. The van der Waals surface area contributed by atoms with Gasteiger partial charge >= 0.3 is 5.97 Å². The second kappa shape index (κ2) is 13.2. The van der Waals surface area contributed by atoms with Crippen molar-refractivity contribution in [3.05, 3.63) is 36.0 Å². The minimum atomic E-state index is -1.78. The maximum atomic E-state index is 12.3. The van der Waals surface area contributed by atoms with Crippen molar-refractivity contribution >= 4 is 17.8 Å². The molecule has 1 aromatic carbocycles. The summed E-state index contributed by atoms with van der Waals surface area (Å²) in [6, 6.07) is 6.81. The summed E-state index contributed by atoms with van der Waals surface area (Å²) < 4.78 is 22.7. The maximum absolute atomic E-state index is 12.3. The first-order valence-corrected chi connectivity index (χ1v) is 12.3. The number of carboxylic acids is 1. The molecule has 0 bridgehead atoms. The molecule has 0 spiro atoms. The van der Waals surface area contributed by atoms with Gasteiger partial charge in [-0.25, -0.2) is 9.48 Å². The predicted octanol–water partition coefficient (Wildman–Crippen LogP) is -1.74. The number of aliphatic hydroxyl groups excluding tert-OH is 3. The number of rotatable bonds is 13. The van der Waals surface area contributed by atoms with Crippen LogP contribution < -0.4 is 0 Å². The molecule has 0 radical (unpaired) electrons. The average molecular weight is 551 g/mol. The highest BCUT2D eigenvalue weighted by Gasteiger charge is 2.47. The van der Waals surface area contributed by atoms with Crippen LogP contribution in [-0.2, 0) is 35.1 Å². The van der Waals surface area contributed by atoms with Crippen LogP contribution in [-0.4, -0.2) is 128 Å². The third-order valence-corrected chi connectivity index (χ3v) is 6.22. The van der Waals surface area contributed by atoms with Gasteiger partial charge in [0.05, 0.1) is 45.8 Å². The second-order valence-electron chi connectivity index (χ2n) is 8.88. The van der Waals surface area contributed by atoms with Gasteiger partial charge in [-0.15, -0.1) is 5.10 Å². The fourth-order valence-corrected chi connectivity index (χ4v) is 3.90. The van der Waals surface area contributed by atoms with E-state index in [0.717, 1.165) is 5.56 Å². The maximum Gasteiger partial charge on any atom is 0.335 e. The van der Waals surface area contributed by atoms with E-state index in [1.165, 1.54) is 4.90 Å². The molecule has 0 aliphatic carbocycles. The summed E-state index contributed by atoms with van der Waals surface area (Å²) in [6.45, 7) is 1.81. The number of amides is 2. The van der Waals surface area contributed by atoms with E-state index >= 15 is 0 Å². The van der Waals surface area contributed by atoms with Crippen molar-refractivity contribution < 1.29 is 53.8 Å². The lowest BCUT2D eigenvalue weighted by Crippen LogP contribution is -2.60. The standard InChI is InChI=1S/C24H30N4O11/c29-17-5-6-28(17)22(33)15-3-1-14(2-4-15)16-13-27(26-25-16)7-8-36-9-10-37-11-12-38-24-20(32)18(30)19(31)21(39-24)23(34)35/h1-4,13,18-21,24,30-32H,5-12H2,(H,34,35)/t18-,19-,20+,21-,24?/m0/s1. The van der Waals surface area contributed by atoms with E-state index in [1.807, 2.05) is 0 Å². The number of ether oxygens (including phenoxy) is 4. The average Bonchev–Trinajstić information content (AvgIpc) is 3.39. The Kier molecular flexibility index (Phi) is 9.68. The number of benzene rings is 1. The van der Waals surface area contributed by atoms with Gasteiger partial charge in [0, 0.05) is 24.1 Å². The number of carboxylic acid groups (broad SMARTS) is 1. The number of likely N-dealkylation sites (tertiary alicyclic amines) is 1. The Bertz CT molecular complexity index is 1140. The van der Waals surface area contributed by atoms with E-state index in [4.69, 9.17) is 24.1 Å². The molecule has 2 saturated heterocycles. The Balaban J connectivity index is 1.08. The van der Waals surface area contributed by atoms with Crippen LogP contribution in [0.1, 0.15) is 16.8 Å². The van der Waals surface area contributed by atoms with Gasteiger partial charge in [0.1, 0.15) is 24.0 Å². The fraction of sp³-hybridized carbons (Fsp3) is 0.542. The van der Waals surface area contributed by atoms with Gasteiger partial charge < -0.3 is 39.4 Å². The number of imide groups is 1. The summed E-state index contributed by atoms with van der Waals surface area (Å²) in [5, 5.41) is 46.5. The number of carbonyl (C=O) groups excluding carboxylic acids is 2. The molecule has 2 aromatic rings. The molecule has 2 amide bonds. The molecule has 39 heavy (non-hydrogen) atoms. The zero-order chi connectivity index (χ0) is 27.9. The van der Waals surface area contributed by atoms with Gasteiger partial charge in [-0.1, -0.05) is 17.3 Å². The first-order chi connectivity index (χ1) is 18.8. The number of aromatic nitrogens is 3. The minimum Gasteiger partial charge on any atom is -0.479 e. The number of aliphatic hydroxyl groups is 3. The Morgan fingerprint density at radius 3 is 2.31 bits per heavy atom. The zero-order valence-corrected chi connectivity index (χ0v) is 20.9. The highest BCUT2D eigenvalue weighted by atomic mass is 16.7. The van der Waals surface area contributed by atoms with E-state index < -0.39 is 36.7 Å². The highest BCUT2D eigenvalue weighted by molar-refractivity contribution is 6.07. The predicted molar refractivity (Wildman–Crippen MR) is 128 cm³/mol. The van der Waals surface area contributed by atoms with Crippen LogP contribution in [0.2, 0.25) is 0 Å². The van der Waals surface area contributed by atoms with Crippen molar-refractivity contribution in [3.63, 3.8) is 0 Å². The lowest BCUT2D eigenvalue weighted by atomic mass is 9.99. The molecule has 15 heteroatoms.